The molecule has 0 saturated carbocycles. The van der Waals surface area contributed by atoms with Gasteiger partial charge in [-0.25, -0.2) is 0 Å². The maximum Gasteiger partial charge on any atom is 0.408 e. The maximum absolute atomic E-state index is 13.4. The van der Waals surface area contributed by atoms with Crippen LogP contribution in [0.2, 0.25) is 0 Å². The van der Waals surface area contributed by atoms with Crippen molar-refractivity contribution < 1.29 is 27.9 Å². The van der Waals surface area contributed by atoms with Crippen LogP contribution in [0.15, 0.2) is 59.5 Å². The Morgan fingerprint density at radius 3 is 2.26 bits per heavy atom. The highest BCUT2D eigenvalue weighted by molar-refractivity contribution is 8.00. The smallest absolute Gasteiger partial charge is 0.408 e. The zero-order valence-electron chi connectivity index (χ0n) is 14.4. The van der Waals surface area contributed by atoms with Crippen molar-refractivity contribution >= 4 is 23.6 Å². The van der Waals surface area contributed by atoms with Crippen LogP contribution in [0, 0.1) is 0 Å². The summed E-state index contributed by atoms with van der Waals surface area (Å²) in [4.78, 5) is 23.8. The standard InChI is InChI=1S/C19H18F3NO3S/c1-12(18(25)26)27-15-10-6-5-9-14(15)17(24)23-16(19(20,21)22)11-13-7-3-2-4-8-13/h2-10,12,16H,11H2,1H3,(H,23,24)(H,25,26). The molecule has 2 aromatic carbocycles. The van der Waals surface area contributed by atoms with Crippen LogP contribution in [-0.4, -0.2) is 34.5 Å². The minimum Gasteiger partial charge on any atom is -0.480 e. The fraction of sp³-hybridized carbons (Fsp3) is 0.263. The van der Waals surface area contributed by atoms with Gasteiger partial charge in [-0.1, -0.05) is 42.5 Å². The predicted molar refractivity (Wildman–Crippen MR) is 96.9 cm³/mol. The molecule has 0 radical (unpaired) electrons. The molecule has 0 fully saturated rings. The second-order valence-electron chi connectivity index (χ2n) is 5.85. The molecule has 2 rings (SSSR count). The van der Waals surface area contributed by atoms with E-state index in [1.54, 1.807) is 36.4 Å². The SMILES string of the molecule is CC(Sc1ccccc1C(=O)NC(Cc1ccccc1)C(F)(F)F)C(=O)O. The number of hydrogen-bond donors (Lipinski definition) is 2. The van der Waals surface area contributed by atoms with Crippen LogP contribution >= 0.6 is 11.8 Å². The Kier molecular flexibility index (Phi) is 6.90. The second kappa shape index (κ2) is 8.94. The van der Waals surface area contributed by atoms with E-state index in [1.807, 2.05) is 5.32 Å². The van der Waals surface area contributed by atoms with Crippen LogP contribution in [0.5, 0.6) is 0 Å². The quantitative estimate of drug-likeness (QED) is 0.689. The van der Waals surface area contributed by atoms with Gasteiger partial charge in [0.1, 0.15) is 11.3 Å². The Morgan fingerprint density at radius 2 is 1.67 bits per heavy atom. The van der Waals surface area contributed by atoms with Crippen molar-refractivity contribution in [2.45, 2.75) is 35.7 Å². The van der Waals surface area contributed by atoms with Gasteiger partial charge in [0.05, 0.1) is 5.56 Å². The van der Waals surface area contributed by atoms with Crippen molar-refractivity contribution in [3.8, 4) is 0 Å². The molecule has 0 spiro atoms. The first-order chi connectivity index (χ1) is 12.7. The molecule has 0 bridgehead atoms. The largest absolute Gasteiger partial charge is 0.480 e. The molecule has 2 N–H and O–H groups in total. The molecule has 144 valence electrons. The van der Waals surface area contributed by atoms with Gasteiger partial charge in [0, 0.05) is 11.3 Å². The minimum absolute atomic E-state index is 0.0120. The van der Waals surface area contributed by atoms with Crippen LogP contribution < -0.4 is 5.32 Å². The maximum atomic E-state index is 13.4. The summed E-state index contributed by atoms with van der Waals surface area (Å²) in [5.41, 5.74) is 0.459. The summed E-state index contributed by atoms with van der Waals surface area (Å²) in [7, 11) is 0. The molecule has 8 heteroatoms. The van der Waals surface area contributed by atoms with Gasteiger partial charge in [-0.3, -0.25) is 9.59 Å². The van der Waals surface area contributed by atoms with Gasteiger partial charge in [-0.2, -0.15) is 13.2 Å². The van der Waals surface area contributed by atoms with Gasteiger partial charge >= 0.3 is 12.1 Å². The van der Waals surface area contributed by atoms with Gasteiger partial charge in [-0.05, 0) is 24.6 Å². The fourth-order valence-corrected chi connectivity index (χ4v) is 3.26. The second-order valence-corrected chi connectivity index (χ2v) is 7.23. The van der Waals surface area contributed by atoms with Crippen molar-refractivity contribution in [3.63, 3.8) is 0 Å². The molecule has 2 unspecified atom stereocenters. The van der Waals surface area contributed by atoms with E-state index in [0.717, 1.165) is 11.8 Å². The number of nitrogens with one attached hydrogen (secondary N) is 1. The number of hydrogen-bond acceptors (Lipinski definition) is 3. The highest BCUT2D eigenvalue weighted by atomic mass is 32.2. The highest BCUT2D eigenvalue weighted by Crippen LogP contribution is 2.28. The van der Waals surface area contributed by atoms with Gasteiger partial charge in [0.25, 0.3) is 5.91 Å². The number of carboxylic acids is 1. The number of amides is 1. The monoisotopic (exact) mass is 397 g/mol. The first-order valence-electron chi connectivity index (χ1n) is 8.08. The number of aliphatic carboxylic acids is 1. The molecule has 0 aliphatic heterocycles. The summed E-state index contributed by atoms with van der Waals surface area (Å²) in [6, 6.07) is 12.0. The molecular formula is C19H18F3NO3S. The molecule has 0 aliphatic carbocycles. The average molecular weight is 397 g/mol. The van der Waals surface area contributed by atoms with Crippen LogP contribution in [0.4, 0.5) is 13.2 Å². The number of carbonyl (C=O) groups excluding carboxylic acids is 1. The third-order valence-electron chi connectivity index (χ3n) is 3.77. The van der Waals surface area contributed by atoms with Crippen LogP contribution in [0.1, 0.15) is 22.8 Å². The van der Waals surface area contributed by atoms with Crippen molar-refractivity contribution in [2.24, 2.45) is 0 Å². The number of carbonyl (C=O) groups is 2. The molecule has 2 aromatic rings. The van der Waals surface area contributed by atoms with E-state index in [2.05, 4.69) is 0 Å². The number of carboxylic acid groups (broad SMARTS) is 1. The first kappa shape index (κ1) is 20.8. The number of thioether (sulfide) groups is 1. The van der Waals surface area contributed by atoms with E-state index in [-0.39, 0.29) is 5.56 Å². The van der Waals surface area contributed by atoms with Gasteiger partial charge in [-0.15, -0.1) is 11.8 Å². The Bertz CT molecular complexity index is 796. The average Bonchev–Trinajstić information content (AvgIpc) is 2.61. The Labute approximate surface area is 158 Å². The molecule has 4 nitrogen and oxygen atoms in total. The summed E-state index contributed by atoms with van der Waals surface area (Å²) < 4.78 is 40.2. The van der Waals surface area contributed by atoms with E-state index in [9.17, 15) is 22.8 Å². The zero-order valence-corrected chi connectivity index (χ0v) is 15.2. The molecule has 1 amide bonds. The lowest BCUT2D eigenvalue weighted by atomic mass is 10.0. The molecule has 0 aromatic heterocycles. The van der Waals surface area contributed by atoms with Gasteiger partial charge < -0.3 is 10.4 Å². The lowest BCUT2D eigenvalue weighted by Crippen LogP contribution is -2.47. The summed E-state index contributed by atoms with van der Waals surface area (Å²) in [6.45, 7) is 1.44. The summed E-state index contributed by atoms with van der Waals surface area (Å²) in [6.07, 6.45) is -5.02. The third kappa shape index (κ3) is 6.02. The van der Waals surface area contributed by atoms with Crippen molar-refractivity contribution in [1.82, 2.24) is 5.32 Å². The Hall–Kier alpha value is -2.48. The molecule has 2 atom stereocenters. The molecular weight excluding hydrogens is 379 g/mol. The Balaban J connectivity index is 2.21. The zero-order chi connectivity index (χ0) is 20.0. The predicted octanol–water partition coefficient (Wildman–Crippen LogP) is 4.16. The summed E-state index contributed by atoms with van der Waals surface area (Å²) in [5.74, 6) is -1.97. The lowest BCUT2D eigenvalue weighted by Gasteiger charge is -2.22. The third-order valence-corrected chi connectivity index (χ3v) is 4.93. The molecule has 0 aliphatic rings. The van der Waals surface area contributed by atoms with Crippen molar-refractivity contribution in [3.05, 3.63) is 65.7 Å². The number of alkyl halides is 3. The summed E-state index contributed by atoms with van der Waals surface area (Å²) >= 11 is 0.904. The summed E-state index contributed by atoms with van der Waals surface area (Å²) in [5, 5.41) is 10.2. The van der Waals surface area contributed by atoms with Crippen molar-refractivity contribution in [1.29, 1.82) is 0 Å². The van der Waals surface area contributed by atoms with E-state index >= 15 is 0 Å². The van der Waals surface area contributed by atoms with E-state index in [0.29, 0.717) is 10.5 Å². The normalized spacial score (nSPS) is 13.6. The molecule has 0 heterocycles. The van der Waals surface area contributed by atoms with Gasteiger partial charge in [0.15, 0.2) is 0 Å². The topological polar surface area (TPSA) is 66.4 Å². The molecule has 0 saturated heterocycles. The van der Waals surface area contributed by atoms with Crippen molar-refractivity contribution in [2.75, 3.05) is 0 Å². The highest BCUT2D eigenvalue weighted by Gasteiger charge is 2.41. The minimum atomic E-state index is -4.62. The van der Waals surface area contributed by atoms with E-state index in [1.165, 1.54) is 25.1 Å². The lowest BCUT2D eigenvalue weighted by molar-refractivity contribution is -0.153. The van der Waals surface area contributed by atoms with Gasteiger partial charge in [0.2, 0.25) is 0 Å². The van der Waals surface area contributed by atoms with Crippen LogP contribution in [0.3, 0.4) is 0 Å². The van der Waals surface area contributed by atoms with Crippen LogP contribution in [-0.2, 0) is 11.2 Å². The molecule has 27 heavy (non-hydrogen) atoms. The van der Waals surface area contributed by atoms with E-state index in [4.69, 9.17) is 5.11 Å². The Morgan fingerprint density at radius 1 is 1.07 bits per heavy atom. The number of rotatable bonds is 7. The number of halogens is 3. The van der Waals surface area contributed by atoms with E-state index < -0.39 is 35.8 Å². The van der Waals surface area contributed by atoms with Crippen LogP contribution in [0.25, 0.3) is 0 Å². The first-order valence-corrected chi connectivity index (χ1v) is 8.96. The fourth-order valence-electron chi connectivity index (χ4n) is 2.33. The number of benzene rings is 2.